The summed E-state index contributed by atoms with van der Waals surface area (Å²) in [5.41, 5.74) is 4.16. The molecule has 1 aromatic rings. The molecule has 0 amide bonds. The normalized spacial score (nSPS) is 23.9. The van der Waals surface area contributed by atoms with E-state index in [-0.39, 0.29) is 0 Å². The highest BCUT2D eigenvalue weighted by Gasteiger charge is 2.31. The van der Waals surface area contributed by atoms with Gasteiger partial charge in [-0.05, 0) is 56.2 Å². The van der Waals surface area contributed by atoms with Crippen molar-refractivity contribution in [2.45, 2.75) is 44.8 Å². The minimum Gasteiger partial charge on any atom is -0.378 e. The molecule has 0 spiro atoms. The second-order valence-corrected chi connectivity index (χ2v) is 5.78. The van der Waals surface area contributed by atoms with Crippen LogP contribution >= 0.6 is 11.6 Å². The van der Waals surface area contributed by atoms with Gasteiger partial charge in [0.2, 0.25) is 0 Å². The van der Waals surface area contributed by atoms with Crippen LogP contribution in [0.4, 0.5) is 0 Å². The second kappa shape index (κ2) is 7.25. The highest BCUT2D eigenvalue weighted by molar-refractivity contribution is 6.30. The molecular formula is C15H23ClN2O. The molecule has 106 valence electrons. The molecule has 3 nitrogen and oxygen atoms in total. The summed E-state index contributed by atoms with van der Waals surface area (Å²) in [6.45, 7) is 2.87. The lowest BCUT2D eigenvalue weighted by molar-refractivity contribution is -0.0290. The molecule has 0 saturated heterocycles. The first kappa shape index (κ1) is 14.8. The van der Waals surface area contributed by atoms with Crippen LogP contribution in [-0.4, -0.2) is 18.8 Å². The number of benzene rings is 1. The zero-order valence-corrected chi connectivity index (χ0v) is 12.2. The van der Waals surface area contributed by atoms with Gasteiger partial charge in [0, 0.05) is 17.7 Å². The molecule has 1 unspecified atom stereocenters. The number of hydrogen-bond donors (Lipinski definition) is 2. The maximum absolute atomic E-state index is 6.00. The van der Waals surface area contributed by atoms with Gasteiger partial charge in [-0.1, -0.05) is 23.7 Å². The molecule has 1 atom stereocenters. The lowest BCUT2D eigenvalue weighted by Gasteiger charge is -2.37. The zero-order valence-electron chi connectivity index (χ0n) is 11.4. The van der Waals surface area contributed by atoms with E-state index in [1.54, 1.807) is 0 Å². The molecule has 0 bridgehead atoms. The maximum Gasteiger partial charge on any atom is 0.0580 e. The van der Waals surface area contributed by atoms with Crippen LogP contribution in [0.5, 0.6) is 0 Å². The molecule has 1 saturated carbocycles. The van der Waals surface area contributed by atoms with Gasteiger partial charge >= 0.3 is 0 Å². The summed E-state index contributed by atoms with van der Waals surface area (Å²) in [7, 11) is 0. The summed E-state index contributed by atoms with van der Waals surface area (Å²) in [5.74, 6) is 6.40. The molecule has 1 aliphatic carbocycles. The van der Waals surface area contributed by atoms with Gasteiger partial charge in [0.25, 0.3) is 0 Å². The Balaban J connectivity index is 1.78. The summed E-state index contributed by atoms with van der Waals surface area (Å²) in [5, 5.41) is 0.785. The molecule has 2 rings (SSSR count). The van der Waals surface area contributed by atoms with Crippen LogP contribution in [0.2, 0.25) is 5.02 Å². The Bertz CT molecular complexity index is 393. The summed E-state index contributed by atoms with van der Waals surface area (Å²) < 4.78 is 5.59. The number of halogens is 1. The van der Waals surface area contributed by atoms with Crippen molar-refractivity contribution in [3.05, 3.63) is 34.9 Å². The average Bonchev–Trinajstić information content (AvgIpc) is 2.35. The summed E-state index contributed by atoms with van der Waals surface area (Å²) in [4.78, 5) is 0. The first-order chi connectivity index (χ1) is 9.21. The van der Waals surface area contributed by atoms with Gasteiger partial charge in [-0.15, -0.1) is 0 Å². The fourth-order valence-electron chi connectivity index (χ4n) is 2.80. The van der Waals surface area contributed by atoms with Gasteiger partial charge < -0.3 is 4.74 Å². The molecule has 4 heteroatoms. The van der Waals surface area contributed by atoms with E-state index in [2.05, 4.69) is 18.4 Å². The molecule has 0 heterocycles. The number of rotatable bonds is 7. The van der Waals surface area contributed by atoms with Crippen molar-refractivity contribution in [3.63, 3.8) is 0 Å². The molecule has 0 aliphatic heterocycles. The Hall–Kier alpha value is -0.610. The van der Waals surface area contributed by atoms with Crippen LogP contribution < -0.4 is 11.3 Å². The molecule has 3 N–H and O–H groups in total. The van der Waals surface area contributed by atoms with Crippen molar-refractivity contribution in [2.75, 3.05) is 6.61 Å². The smallest absolute Gasteiger partial charge is 0.0580 e. The Morgan fingerprint density at radius 2 is 2.26 bits per heavy atom. The molecular weight excluding hydrogens is 260 g/mol. The van der Waals surface area contributed by atoms with Crippen LogP contribution in [0.25, 0.3) is 0 Å². The maximum atomic E-state index is 6.00. The van der Waals surface area contributed by atoms with Crippen molar-refractivity contribution in [1.82, 2.24) is 5.43 Å². The Morgan fingerprint density at radius 3 is 2.89 bits per heavy atom. The summed E-state index contributed by atoms with van der Waals surface area (Å²) >= 11 is 6.00. The molecule has 1 aromatic carbocycles. The van der Waals surface area contributed by atoms with Gasteiger partial charge in [-0.2, -0.15) is 0 Å². The summed E-state index contributed by atoms with van der Waals surface area (Å²) in [6.07, 6.45) is 4.84. The third-order valence-corrected chi connectivity index (χ3v) is 4.05. The SMILES string of the molecule is CCOC1CC(CC(Cc2cccc(Cl)c2)NN)C1. The molecule has 0 aromatic heterocycles. The number of ether oxygens (including phenoxy) is 1. The molecule has 1 fully saturated rings. The average molecular weight is 283 g/mol. The predicted molar refractivity (Wildman–Crippen MR) is 79.0 cm³/mol. The molecule has 19 heavy (non-hydrogen) atoms. The minimum atomic E-state index is 0.311. The quantitative estimate of drug-likeness (QED) is 0.597. The summed E-state index contributed by atoms with van der Waals surface area (Å²) in [6, 6.07) is 8.30. The zero-order chi connectivity index (χ0) is 13.7. The fourth-order valence-corrected chi connectivity index (χ4v) is 3.01. The van der Waals surface area contributed by atoms with Gasteiger partial charge in [0.05, 0.1) is 6.10 Å². The Kier molecular flexibility index (Phi) is 5.64. The van der Waals surface area contributed by atoms with E-state index in [4.69, 9.17) is 22.2 Å². The van der Waals surface area contributed by atoms with Crippen LogP contribution in [0.1, 0.15) is 31.7 Å². The monoisotopic (exact) mass is 282 g/mol. The van der Waals surface area contributed by atoms with Crippen molar-refractivity contribution < 1.29 is 4.74 Å². The topological polar surface area (TPSA) is 47.3 Å². The standard InChI is InChI=1S/C15H23ClN2O/c1-2-19-15-9-12(10-15)8-14(18-17)7-11-4-3-5-13(16)6-11/h3-6,12,14-15,18H,2,7-10,17H2,1H3. The highest BCUT2D eigenvalue weighted by Crippen LogP contribution is 2.34. The first-order valence-electron chi connectivity index (χ1n) is 7.03. The fraction of sp³-hybridized carbons (Fsp3) is 0.600. The van der Waals surface area contributed by atoms with Crippen molar-refractivity contribution >= 4 is 11.6 Å². The van der Waals surface area contributed by atoms with Gasteiger partial charge in [0.15, 0.2) is 0 Å². The molecule has 1 aliphatic rings. The van der Waals surface area contributed by atoms with E-state index in [0.717, 1.165) is 30.4 Å². The number of hydrogen-bond acceptors (Lipinski definition) is 3. The number of nitrogens with two attached hydrogens (primary N) is 1. The highest BCUT2D eigenvalue weighted by atomic mass is 35.5. The largest absolute Gasteiger partial charge is 0.378 e. The van der Waals surface area contributed by atoms with Crippen molar-refractivity contribution in [2.24, 2.45) is 11.8 Å². The number of nitrogens with one attached hydrogen (secondary N) is 1. The van der Waals surface area contributed by atoms with E-state index in [0.29, 0.717) is 12.1 Å². The van der Waals surface area contributed by atoms with Gasteiger partial charge in [0.1, 0.15) is 0 Å². The van der Waals surface area contributed by atoms with Crippen molar-refractivity contribution in [1.29, 1.82) is 0 Å². The Labute approximate surface area is 120 Å². The third kappa shape index (κ3) is 4.46. The van der Waals surface area contributed by atoms with E-state index in [1.807, 2.05) is 18.2 Å². The van der Waals surface area contributed by atoms with Crippen LogP contribution in [0.3, 0.4) is 0 Å². The predicted octanol–water partition coefficient (Wildman–Crippen LogP) is 2.92. The lowest BCUT2D eigenvalue weighted by Crippen LogP contribution is -2.42. The third-order valence-electron chi connectivity index (χ3n) is 3.82. The van der Waals surface area contributed by atoms with Crippen LogP contribution in [0, 0.1) is 5.92 Å². The van der Waals surface area contributed by atoms with Crippen LogP contribution in [-0.2, 0) is 11.2 Å². The minimum absolute atomic E-state index is 0.311. The van der Waals surface area contributed by atoms with Gasteiger partial charge in [-0.3, -0.25) is 11.3 Å². The van der Waals surface area contributed by atoms with E-state index in [1.165, 1.54) is 18.4 Å². The first-order valence-corrected chi connectivity index (χ1v) is 7.41. The second-order valence-electron chi connectivity index (χ2n) is 5.35. The van der Waals surface area contributed by atoms with E-state index in [9.17, 15) is 0 Å². The number of hydrazine groups is 1. The van der Waals surface area contributed by atoms with E-state index < -0.39 is 0 Å². The van der Waals surface area contributed by atoms with Crippen LogP contribution in [0.15, 0.2) is 24.3 Å². The van der Waals surface area contributed by atoms with Gasteiger partial charge in [-0.25, -0.2) is 0 Å². The Morgan fingerprint density at radius 1 is 1.47 bits per heavy atom. The lowest BCUT2D eigenvalue weighted by atomic mass is 9.77. The molecule has 0 radical (unpaired) electrons. The van der Waals surface area contributed by atoms with Crippen molar-refractivity contribution in [3.8, 4) is 0 Å². The van der Waals surface area contributed by atoms with E-state index >= 15 is 0 Å².